The molecule has 1 amide bonds. The summed E-state index contributed by atoms with van der Waals surface area (Å²) in [6, 6.07) is 14.0. The van der Waals surface area contributed by atoms with E-state index in [1.807, 2.05) is 24.3 Å². The van der Waals surface area contributed by atoms with Gasteiger partial charge in [-0.1, -0.05) is 44.2 Å². The van der Waals surface area contributed by atoms with Gasteiger partial charge in [-0.3, -0.25) is 14.9 Å². The second kappa shape index (κ2) is 6.28. The van der Waals surface area contributed by atoms with Crippen molar-refractivity contribution in [2.75, 3.05) is 11.4 Å². The van der Waals surface area contributed by atoms with Crippen LogP contribution in [0.5, 0.6) is 0 Å². The Morgan fingerprint density at radius 1 is 1.17 bits per heavy atom. The lowest BCUT2D eigenvalue weighted by Gasteiger charge is -2.19. The number of fused-ring (bicyclic) bond motifs is 1. The van der Waals surface area contributed by atoms with Gasteiger partial charge in [0.25, 0.3) is 11.6 Å². The Balaban J connectivity index is 2.06. The first kappa shape index (κ1) is 15.9. The highest BCUT2D eigenvalue weighted by atomic mass is 16.6. The fourth-order valence-corrected chi connectivity index (χ4v) is 2.89. The first-order valence-corrected chi connectivity index (χ1v) is 7.85. The fourth-order valence-electron chi connectivity index (χ4n) is 2.89. The number of nitro groups is 1. The third kappa shape index (κ3) is 2.93. The minimum Gasteiger partial charge on any atom is -0.307 e. The highest BCUT2D eigenvalue weighted by molar-refractivity contribution is 6.35. The van der Waals surface area contributed by atoms with Crippen molar-refractivity contribution in [2.24, 2.45) is 5.92 Å². The Labute approximate surface area is 140 Å². The molecular weight excluding hydrogens is 304 g/mol. The van der Waals surface area contributed by atoms with Crippen LogP contribution >= 0.6 is 0 Å². The molecule has 0 saturated heterocycles. The molecule has 0 aliphatic carbocycles. The second-order valence-electron chi connectivity index (χ2n) is 6.24. The van der Waals surface area contributed by atoms with Gasteiger partial charge in [-0.05, 0) is 23.6 Å². The molecule has 0 atom stereocenters. The maximum atomic E-state index is 12.8. The van der Waals surface area contributed by atoms with Crippen LogP contribution < -0.4 is 4.90 Å². The zero-order valence-electron chi connectivity index (χ0n) is 13.6. The molecule has 1 heterocycles. The van der Waals surface area contributed by atoms with Crippen LogP contribution in [0.4, 0.5) is 11.4 Å². The number of nitro benzene ring substituents is 1. The minimum atomic E-state index is -0.433. The summed E-state index contributed by atoms with van der Waals surface area (Å²) < 4.78 is 0. The molecule has 0 spiro atoms. The van der Waals surface area contributed by atoms with Crippen LogP contribution in [0.2, 0.25) is 0 Å². The van der Waals surface area contributed by atoms with Gasteiger partial charge in [-0.25, -0.2) is 0 Å². The Morgan fingerprint density at radius 2 is 1.92 bits per heavy atom. The summed E-state index contributed by atoms with van der Waals surface area (Å²) in [4.78, 5) is 25.1. The molecule has 1 aliphatic rings. The molecule has 3 rings (SSSR count). The van der Waals surface area contributed by atoms with E-state index in [0.717, 1.165) is 11.3 Å². The van der Waals surface area contributed by atoms with E-state index >= 15 is 0 Å². The zero-order chi connectivity index (χ0) is 17.3. The summed E-state index contributed by atoms with van der Waals surface area (Å²) in [5, 5.41) is 10.9. The highest BCUT2D eigenvalue weighted by Crippen LogP contribution is 2.38. The molecule has 0 saturated carbocycles. The van der Waals surface area contributed by atoms with Crippen LogP contribution in [0.15, 0.2) is 48.5 Å². The number of nitrogens with zero attached hydrogens (tertiary/aromatic N) is 2. The molecule has 24 heavy (non-hydrogen) atoms. The van der Waals surface area contributed by atoms with Gasteiger partial charge in [-0.15, -0.1) is 0 Å². The van der Waals surface area contributed by atoms with E-state index in [1.54, 1.807) is 23.1 Å². The lowest BCUT2D eigenvalue weighted by Crippen LogP contribution is -2.30. The summed E-state index contributed by atoms with van der Waals surface area (Å²) in [6.45, 7) is 4.78. The molecule has 5 nitrogen and oxygen atoms in total. The number of benzene rings is 2. The Hall–Kier alpha value is -2.95. The number of carbonyl (C=O) groups excluding carboxylic acids is 1. The molecule has 2 aromatic rings. The molecule has 0 bridgehead atoms. The van der Waals surface area contributed by atoms with Gasteiger partial charge in [-0.2, -0.15) is 0 Å². The smallest absolute Gasteiger partial charge is 0.270 e. The summed E-state index contributed by atoms with van der Waals surface area (Å²) in [5.74, 6) is 0.288. The van der Waals surface area contributed by atoms with E-state index < -0.39 is 4.92 Å². The Bertz CT molecular complexity index is 840. The quantitative estimate of drug-likeness (QED) is 0.483. The first-order valence-electron chi connectivity index (χ1n) is 7.85. The summed E-state index contributed by atoms with van der Waals surface area (Å²) in [5.41, 5.74) is 3.00. The molecule has 0 radical (unpaired) electrons. The number of amides is 1. The highest BCUT2D eigenvalue weighted by Gasteiger charge is 2.32. The van der Waals surface area contributed by atoms with Gasteiger partial charge in [0.2, 0.25) is 0 Å². The monoisotopic (exact) mass is 322 g/mol. The van der Waals surface area contributed by atoms with E-state index in [4.69, 9.17) is 0 Å². The summed E-state index contributed by atoms with van der Waals surface area (Å²) in [6.07, 6.45) is 1.73. The molecule has 5 heteroatoms. The van der Waals surface area contributed by atoms with Gasteiger partial charge in [0.15, 0.2) is 0 Å². The third-order valence-corrected chi connectivity index (χ3v) is 3.90. The lowest BCUT2D eigenvalue weighted by atomic mass is 10.0. The van der Waals surface area contributed by atoms with Crippen molar-refractivity contribution >= 4 is 28.9 Å². The van der Waals surface area contributed by atoms with Gasteiger partial charge in [0, 0.05) is 29.8 Å². The van der Waals surface area contributed by atoms with Gasteiger partial charge in [0.1, 0.15) is 0 Å². The first-order chi connectivity index (χ1) is 11.5. The van der Waals surface area contributed by atoms with E-state index in [9.17, 15) is 14.9 Å². The average Bonchev–Trinajstić information content (AvgIpc) is 2.81. The van der Waals surface area contributed by atoms with Crippen molar-refractivity contribution < 1.29 is 9.72 Å². The second-order valence-corrected chi connectivity index (χ2v) is 6.24. The maximum Gasteiger partial charge on any atom is 0.270 e. The predicted octanol–water partition coefficient (Wildman–Crippen LogP) is 4.14. The molecule has 1 aliphatic heterocycles. The van der Waals surface area contributed by atoms with Crippen LogP contribution in [0.3, 0.4) is 0 Å². The van der Waals surface area contributed by atoms with Crippen molar-refractivity contribution in [3.63, 3.8) is 0 Å². The van der Waals surface area contributed by atoms with E-state index in [2.05, 4.69) is 13.8 Å². The summed E-state index contributed by atoms with van der Waals surface area (Å²) >= 11 is 0. The van der Waals surface area contributed by atoms with Gasteiger partial charge < -0.3 is 4.90 Å². The van der Waals surface area contributed by atoms with E-state index in [1.165, 1.54) is 12.1 Å². The lowest BCUT2D eigenvalue weighted by molar-refractivity contribution is -0.384. The molecule has 2 aromatic carbocycles. The standard InChI is InChI=1S/C19H18N2O3/c1-13(2)12-20-18-9-4-3-8-16(18)17(19(20)22)11-14-6-5-7-15(10-14)21(23)24/h3-11,13H,12H2,1-2H3/b17-11-. The van der Waals surface area contributed by atoms with Crippen molar-refractivity contribution in [3.05, 3.63) is 69.8 Å². The number of carbonyl (C=O) groups is 1. The SMILES string of the molecule is CC(C)CN1C(=O)/C(=C\c2cccc([N+](=O)[O-])c2)c2ccccc21. The average molecular weight is 322 g/mol. The summed E-state index contributed by atoms with van der Waals surface area (Å²) in [7, 11) is 0. The molecule has 0 fully saturated rings. The van der Waals surface area contributed by atoms with Gasteiger partial charge in [0.05, 0.1) is 10.6 Å². The predicted molar refractivity (Wildman–Crippen MR) is 94.6 cm³/mol. The minimum absolute atomic E-state index is 0.0158. The molecular formula is C19H18N2O3. The van der Waals surface area contributed by atoms with Crippen molar-refractivity contribution in [1.29, 1.82) is 0 Å². The number of non-ortho nitro benzene ring substituents is 1. The van der Waals surface area contributed by atoms with Gasteiger partial charge >= 0.3 is 0 Å². The maximum absolute atomic E-state index is 12.8. The molecule has 122 valence electrons. The Morgan fingerprint density at radius 3 is 2.62 bits per heavy atom. The number of rotatable bonds is 4. The van der Waals surface area contributed by atoms with Crippen molar-refractivity contribution in [2.45, 2.75) is 13.8 Å². The number of hydrogen-bond donors (Lipinski definition) is 0. The number of para-hydroxylation sites is 1. The Kier molecular flexibility index (Phi) is 4.16. The van der Waals surface area contributed by atoms with E-state index in [0.29, 0.717) is 23.6 Å². The molecule has 0 N–H and O–H groups in total. The zero-order valence-corrected chi connectivity index (χ0v) is 13.6. The third-order valence-electron chi connectivity index (χ3n) is 3.90. The topological polar surface area (TPSA) is 63.5 Å². The largest absolute Gasteiger partial charge is 0.307 e. The van der Waals surface area contributed by atoms with Crippen LogP contribution in [-0.4, -0.2) is 17.4 Å². The van der Waals surface area contributed by atoms with E-state index in [-0.39, 0.29) is 11.6 Å². The van der Waals surface area contributed by atoms with Crippen molar-refractivity contribution in [1.82, 2.24) is 0 Å². The fraction of sp³-hybridized carbons (Fsp3) is 0.211. The van der Waals surface area contributed by atoms with Crippen LogP contribution in [0, 0.1) is 16.0 Å². The van der Waals surface area contributed by atoms with Crippen molar-refractivity contribution in [3.8, 4) is 0 Å². The molecule has 0 aromatic heterocycles. The number of anilines is 1. The number of hydrogen-bond acceptors (Lipinski definition) is 3. The normalized spacial score (nSPS) is 15.2. The van der Waals surface area contributed by atoms with Crippen LogP contribution in [0.1, 0.15) is 25.0 Å². The van der Waals surface area contributed by atoms with Crippen LogP contribution in [-0.2, 0) is 4.79 Å². The molecule has 0 unspecified atom stereocenters. The van der Waals surface area contributed by atoms with Crippen LogP contribution in [0.25, 0.3) is 11.6 Å².